The standard InChI is InChI=1S/C19H27NO2/c1-14-12-17(8-9-18(14)15(2)21)22-13-16-6-5-11-20-10-4-3-7-19(16)20/h8-9,12,16,19H,3-7,10-11,13H2,1-2H3/t16-,19+/m0/s1. The van der Waals surface area contributed by atoms with Gasteiger partial charge in [-0.25, -0.2) is 0 Å². The van der Waals surface area contributed by atoms with E-state index < -0.39 is 0 Å². The maximum absolute atomic E-state index is 11.5. The summed E-state index contributed by atoms with van der Waals surface area (Å²) in [5, 5.41) is 0. The average molecular weight is 301 g/mol. The van der Waals surface area contributed by atoms with Gasteiger partial charge in [-0.1, -0.05) is 6.42 Å². The van der Waals surface area contributed by atoms with E-state index in [0.717, 1.165) is 29.5 Å². The Balaban J connectivity index is 1.62. The van der Waals surface area contributed by atoms with Crippen molar-refractivity contribution < 1.29 is 9.53 Å². The molecule has 2 aliphatic heterocycles. The van der Waals surface area contributed by atoms with Crippen molar-refractivity contribution in [2.75, 3.05) is 19.7 Å². The first-order chi connectivity index (χ1) is 10.6. The highest BCUT2D eigenvalue weighted by molar-refractivity contribution is 5.95. The summed E-state index contributed by atoms with van der Waals surface area (Å²) in [5.74, 6) is 1.67. The van der Waals surface area contributed by atoms with E-state index >= 15 is 0 Å². The van der Waals surface area contributed by atoms with Gasteiger partial charge in [-0.15, -0.1) is 0 Å². The second-order valence-electron chi connectivity index (χ2n) is 6.85. The Hall–Kier alpha value is -1.35. The molecule has 1 aromatic carbocycles. The molecule has 0 radical (unpaired) electrons. The SMILES string of the molecule is CC(=O)c1ccc(OC[C@@H]2CCCN3CCCC[C@H]23)cc1C. The molecule has 120 valence electrons. The van der Waals surface area contributed by atoms with Crippen LogP contribution in [0.3, 0.4) is 0 Å². The third-order valence-electron chi connectivity index (χ3n) is 5.27. The van der Waals surface area contributed by atoms with E-state index in [0.29, 0.717) is 5.92 Å². The predicted molar refractivity (Wildman–Crippen MR) is 88.6 cm³/mol. The molecule has 2 saturated heterocycles. The molecule has 0 N–H and O–H groups in total. The summed E-state index contributed by atoms with van der Waals surface area (Å²) in [6, 6.07) is 6.55. The van der Waals surface area contributed by atoms with E-state index in [-0.39, 0.29) is 5.78 Å². The molecular formula is C19H27NO2. The van der Waals surface area contributed by atoms with Crippen LogP contribution in [0, 0.1) is 12.8 Å². The first kappa shape index (κ1) is 15.5. The number of fused-ring (bicyclic) bond motifs is 1. The van der Waals surface area contributed by atoms with Gasteiger partial charge in [0.25, 0.3) is 0 Å². The summed E-state index contributed by atoms with van der Waals surface area (Å²) >= 11 is 0. The number of rotatable bonds is 4. The molecule has 0 amide bonds. The molecule has 0 bridgehead atoms. The highest BCUT2D eigenvalue weighted by Gasteiger charge is 2.33. The van der Waals surface area contributed by atoms with Gasteiger partial charge in [0.1, 0.15) is 5.75 Å². The Kier molecular flexibility index (Phi) is 4.82. The molecule has 1 aromatic rings. The molecule has 2 fully saturated rings. The fraction of sp³-hybridized carbons (Fsp3) is 0.632. The van der Waals surface area contributed by atoms with E-state index in [1.807, 2.05) is 25.1 Å². The Labute approximate surface area is 133 Å². The topological polar surface area (TPSA) is 29.5 Å². The molecule has 0 aliphatic carbocycles. The van der Waals surface area contributed by atoms with E-state index in [9.17, 15) is 4.79 Å². The minimum atomic E-state index is 0.120. The van der Waals surface area contributed by atoms with Crippen LogP contribution >= 0.6 is 0 Å². The molecule has 2 heterocycles. The molecule has 0 saturated carbocycles. The normalized spacial score (nSPS) is 25.5. The number of carbonyl (C=O) groups is 1. The molecule has 2 atom stereocenters. The molecule has 2 aliphatic rings. The molecule has 3 nitrogen and oxygen atoms in total. The van der Waals surface area contributed by atoms with Crippen molar-refractivity contribution in [2.45, 2.75) is 52.0 Å². The lowest BCUT2D eigenvalue weighted by atomic mass is 9.84. The van der Waals surface area contributed by atoms with Crippen LogP contribution in [0.15, 0.2) is 18.2 Å². The third-order valence-corrected chi connectivity index (χ3v) is 5.27. The summed E-state index contributed by atoms with van der Waals surface area (Å²) in [6.07, 6.45) is 6.63. The second-order valence-corrected chi connectivity index (χ2v) is 6.85. The van der Waals surface area contributed by atoms with Gasteiger partial charge in [-0.3, -0.25) is 9.69 Å². The minimum Gasteiger partial charge on any atom is -0.493 e. The number of ketones is 1. The van der Waals surface area contributed by atoms with Crippen molar-refractivity contribution in [2.24, 2.45) is 5.92 Å². The van der Waals surface area contributed by atoms with E-state index in [2.05, 4.69) is 4.90 Å². The quantitative estimate of drug-likeness (QED) is 0.791. The van der Waals surface area contributed by atoms with Gasteiger partial charge in [-0.2, -0.15) is 0 Å². The van der Waals surface area contributed by atoms with Crippen LogP contribution in [0.4, 0.5) is 0 Å². The van der Waals surface area contributed by atoms with E-state index in [1.54, 1.807) is 6.92 Å². The Morgan fingerprint density at radius 3 is 2.82 bits per heavy atom. The van der Waals surface area contributed by atoms with Crippen molar-refractivity contribution in [3.05, 3.63) is 29.3 Å². The van der Waals surface area contributed by atoms with Crippen LogP contribution in [-0.2, 0) is 0 Å². The number of ether oxygens (including phenoxy) is 1. The zero-order valence-electron chi connectivity index (χ0n) is 13.8. The van der Waals surface area contributed by atoms with Crippen LogP contribution in [0.5, 0.6) is 5.75 Å². The maximum Gasteiger partial charge on any atom is 0.160 e. The highest BCUT2D eigenvalue weighted by Crippen LogP contribution is 2.31. The molecule has 0 spiro atoms. The van der Waals surface area contributed by atoms with Gasteiger partial charge in [0, 0.05) is 17.5 Å². The van der Waals surface area contributed by atoms with Crippen molar-refractivity contribution >= 4 is 5.78 Å². The lowest BCUT2D eigenvalue weighted by Crippen LogP contribution is -2.49. The Morgan fingerprint density at radius 2 is 2.05 bits per heavy atom. The van der Waals surface area contributed by atoms with Crippen molar-refractivity contribution in [1.82, 2.24) is 4.90 Å². The van der Waals surface area contributed by atoms with Crippen molar-refractivity contribution in [3.63, 3.8) is 0 Å². The summed E-state index contributed by atoms with van der Waals surface area (Å²) in [7, 11) is 0. The summed E-state index contributed by atoms with van der Waals surface area (Å²) in [4.78, 5) is 14.2. The lowest BCUT2D eigenvalue weighted by Gasteiger charge is -2.44. The maximum atomic E-state index is 11.5. The van der Waals surface area contributed by atoms with Crippen LogP contribution in [0.1, 0.15) is 54.9 Å². The zero-order chi connectivity index (χ0) is 15.5. The monoisotopic (exact) mass is 301 g/mol. The van der Waals surface area contributed by atoms with Gasteiger partial charge in [0.2, 0.25) is 0 Å². The lowest BCUT2D eigenvalue weighted by molar-refractivity contribution is 0.0366. The first-order valence-electron chi connectivity index (χ1n) is 8.63. The smallest absolute Gasteiger partial charge is 0.160 e. The highest BCUT2D eigenvalue weighted by atomic mass is 16.5. The number of benzene rings is 1. The number of aryl methyl sites for hydroxylation is 1. The molecule has 0 aromatic heterocycles. The van der Waals surface area contributed by atoms with Crippen LogP contribution in [0.2, 0.25) is 0 Å². The number of Topliss-reactive ketones (excluding diaryl/α,β-unsaturated/α-hetero) is 1. The van der Waals surface area contributed by atoms with Crippen LogP contribution < -0.4 is 4.74 Å². The predicted octanol–water partition coefficient (Wildman–Crippen LogP) is 3.84. The number of carbonyl (C=O) groups excluding carboxylic acids is 1. The summed E-state index contributed by atoms with van der Waals surface area (Å²) in [6.45, 7) is 6.94. The van der Waals surface area contributed by atoms with Crippen molar-refractivity contribution in [3.8, 4) is 5.75 Å². The van der Waals surface area contributed by atoms with Crippen LogP contribution in [-0.4, -0.2) is 36.4 Å². The zero-order valence-corrected chi connectivity index (χ0v) is 13.8. The Morgan fingerprint density at radius 1 is 1.23 bits per heavy atom. The van der Waals surface area contributed by atoms with Gasteiger partial charge in [0.15, 0.2) is 5.78 Å². The number of piperidine rings is 2. The molecule has 3 heteroatoms. The van der Waals surface area contributed by atoms with Gasteiger partial charge < -0.3 is 4.74 Å². The second kappa shape index (κ2) is 6.82. The van der Waals surface area contributed by atoms with Gasteiger partial charge in [0.05, 0.1) is 6.61 Å². The summed E-state index contributed by atoms with van der Waals surface area (Å²) in [5.41, 5.74) is 1.80. The molecule has 22 heavy (non-hydrogen) atoms. The Bertz CT molecular complexity index is 538. The average Bonchev–Trinajstić information content (AvgIpc) is 2.52. The van der Waals surface area contributed by atoms with E-state index in [4.69, 9.17) is 4.74 Å². The minimum absolute atomic E-state index is 0.120. The number of hydrogen-bond donors (Lipinski definition) is 0. The fourth-order valence-electron chi connectivity index (χ4n) is 4.10. The summed E-state index contributed by atoms with van der Waals surface area (Å²) < 4.78 is 6.07. The third kappa shape index (κ3) is 3.35. The number of hydrogen-bond acceptors (Lipinski definition) is 3. The van der Waals surface area contributed by atoms with Crippen LogP contribution in [0.25, 0.3) is 0 Å². The molecular weight excluding hydrogens is 274 g/mol. The van der Waals surface area contributed by atoms with Gasteiger partial charge in [-0.05, 0) is 76.4 Å². The van der Waals surface area contributed by atoms with Gasteiger partial charge >= 0.3 is 0 Å². The number of nitrogens with zero attached hydrogens (tertiary/aromatic N) is 1. The largest absolute Gasteiger partial charge is 0.493 e. The first-order valence-corrected chi connectivity index (χ1v) is 8.63. The molecule has 3 rings (SSSR count). The fourth-order valence-corrected chi connectivity index (χ4v) is 4.10. The van der Waals surface area contributed by atoms with Crippen molar-refractivity contribution in [1.29, 1.82) is 0 Å². The van der Waals surface area contributed by atoms with E-state index in [1.165, 1.54) is 45.2 Å². The molecule has 0 unspecified atom stereocenters.